The molecule has 1 amide bonds. The van der Waals surface area contributed by atoms with E-state index in [4.69, 9.17) is 0 Å². The molecule has 1 aliphatic carbocycles. The van der Waals surface area contributed by atoms with Crippen molar-refractivity contribution < 1.29 is 4.79 Å². The van der Waals surface area contributed by atoms with Gasteiger partial charge in [0.15, 0.2) is 0 Å². The zero-order valence-corrected chi connectivity index (χ0v) is 16.7. The number of halogens is 1. The molecule has 4 rings (SSSR count). The summed E-state index contributed by atoms with van der Waals surface area (Å²) in [5, 5.41) is 3.18. The summed E-state index contributed by atoms with van der Waals surface area (Å²) < 4.78 is 1.06. The number of aromatic nitrogens is 2. The molecule has 1 saturated carbocycles. The molecule has 2 N–H and O–H groups in total. The Hall–Kier alpha value is -2.40. The number of hydrogen-bond donors (Lipinski definition) is 2. The van der Waals surface area contributed by atoms with Gasteiger partial charge in [0.05, 0.1) is 17.9 Å². The number of benzene rings is 2. The molecule has 0 spiro atoms. The molecule has 1 fully saturated rings. The molecule has 0 radical (unpaired) electrons. The van der Waals surface area contributed by atoms with Gasteiger partial charge in [-0.05, 0) is 42.0 Å². The van der Waals surface area contributed by atoms with Gasteiger partial charge in [0.1, 0.15) is 5.82 Å². The number of carbonyl (C=O) groups excluding carboxylic acids is 1. The molecule has 0 aliphatic heterocycles. The summed E-state index contributed by atoms with van der Waals surface area (Å²) in [5.41, 5.74) is 3.29. The van der Waals surface area contributed by atoms with Crippen LogP contribution in [-0.4, -0.2) is 15.9 Å². The van der Waals surface area contributed by atoms with Gasteiger partial charge in [-0.15, -0.1) is 0 Å². The second kappa shape index (κ2) is 7.69. The highest BCUT2D eigenvalue weighted by Gasteiger charge is 2.44. The van der Waals surface area contributed by atoms with Crippen LogP contribution in [0.3, 0.4) is 0 Å². The molecule has 1 aromatic heterocycles. The van der Waals surface area contributed by atoms with Gasteiger partial charge in [-0.2, -0.15) is 0 Å². The fourth-order valence-corrected chi connectivity index (χ4v) is 3.75. The van der Waals surface area contributed by atoms with Crippen LogP contribution in [0.5, 0.6) is 0 Å². The standard InChI is InChI=1S/C22H22BrN3O/c1-2-19(21-24-13-20(25-21)15-6-4-3-5-7-15)26-22(27)18-12-17(18)14-8-10-16(23)11-9-14/h3-11,13,17-19H,2,12H2,1H3,(H,24,25)(H,26,27). The van der Waals surface area contributed by atoms with Gasteiger partial charge in [0.25, 0.3) is 0 Å². The van der Waals surface area contributed by atoms with Crippen LogP contribution in [0.1, 0.15) is 43.1 Å². The van der Waals surface area contributed by atoms with E-state index in [9.17, 15) is 4.79 Å². The Bertz CT molecular complexity index is 920. The van der Waals surface area contributed by atoms with Crippen LogP contribution in [0.2, 0.25) is 0 Å². The van der Waals surface area contributed by atoms with Crippen LogP contribution in [0.25, 0.3) is 11.3 Å². The normalized spacial score (nSPS) is 19.5. The van der Waals surface area contributed by atoms with E-state index < -0.39 is 0 Å². The predicted molar refractivity (Wildman–Crippen MR) is 110 cm³/mol. The molecule has 3 aromatic rings. The molecule has 2 aromatic carbocycles. The van der Waals surface area contributed by atoms with Crippen molar-refractivity contribution in [3.8, 4) is 11.3 Å². The predicted octanol–water partition coefficient (Wildman–Crippen LogP) is 5.21. The summed E-state index contributed by atoms with van der Waals surface area (Å²) in [6.45, 7) is 2.06. The van der Waals surface area contributed by atoms with E-state index in [1.807, 2.05) is 48.7 Å². The highest BCUT2D eigenvalue weighted by molar-refractivity contribution is 9.10. The monoisotopic (exact) mass is 423 g/mol. The lowest BCUT2D eigenvalue weighted by Crippen LogP contribution is -2.30. The second-order valence-corrected chi connectivity index (χ2v) is 7.93. The van der Waals surface area contributed by atoms with E-state index in [0.29, 0.717) is 5.92 Å². The number of H-pyrrole nitrogens is 1. The second-order valence-electron chi connectivity index (χ2n) is 7.02. The van der Waals surface area contributed by atoms with Gasteiger partial charge in [-0.1, -0.05) is 65.3 Å². The quantitative estimate of drug-likeness (QED) is 0.571. The van der Waals surface area contributed by atoms with Gasteiger partial charge >= 0.3 is 0 Å². The third kappa shape index (κ3) is 3.98. The van der Waals surface area contributed by atoms with Crippen LogP contribution in [0.15, 0.2) is 65.3 Å². The van der Waals surface area contributed by atoms with Gasteiger partial charge in [-0.3, -0.25) is 4.79 Å². The first kappa shape index (κ1) is 18.0. The first-order chi connectivity index (χ1) is 13.2. The Balaban J connectivity index is 1.41. The van der Waals surface area contributed by atoms with Gasteiger partial charge in [0.2, 0.25) is 5.91 Å². The minimum atomic E-state index is -0.0962. The van der Waals surface area contributed by atoms with Gasteiger partial charge in [0, 0.05) is 10.4 Å². The highest BCUT2D eigenvalue weighted by atomic mass is 79.9. The third-order valence-electron chi connectivity index (χ3n) is 5.16. The molecule has 3 atom stereocenters. The number of aromatic amines is 1. The summed E-state index contributed by atoms with van der Waals surface area (Å²) in [5.74, 6) is 1.31. The van der Waals surface area contributed by atoms with Crippen LogP contribution in [0, 0.1) is 5.92 Å². The van der Waals surface area contributed by atoms with Gasteiger partial charge < -0.3 is 10.3 Å². The van der Waals surface area contributed by atoms with E-state index in [-0.39, 0.29) is 17.9 Å². The van der Waals surface area contributed by atoms with E-state index in [0.717, 1.165) is 34.4 Å². The Morgan fingerprint density at radius 1 is 1.22 bits per heavy atom. The van der Waals surface area contributed by atoms with Crippen molar-refractivity contribution in [2.45, 2.75) is 31.7 Å². The number of imidazole rings is 1. The summed E-state index contributed by atoms with van der Waals surface area (Å²) in [4.78, 5) is 20.6. The maximum atomic E-state index is 12.7. The maximum absolute atomic E-state index is 12.7. The smallest absolute Gasteiger partial charge is 0.224 e. The highest BCUT2D eigenvalue weighted by Crippen LogP contribution is 2.48. The molecule has 0 saturated heterocycles. The zero-order valence-electron chi connectivity index (χ0n) is 15.2. The minimum Gasteiger partial charge on any atom is -0.346 e. The SMILES string of the molecule is CCC(NC(=O)C1CC1c1ccc(Br)cc1)c1ncc(-c2ccccc2)[nH]1. The van der Waals surface area contributed by atoms with Crippen molar-refractivity contribution in [2.75, 3.05) is 0 Å². The molecule has 4 nitrogen and oxygen atoms in total. The lowest BCUT2D eigenvalue weighted by molar-refractivity contribution is -0.123. The molecule has 3 unspecified atom stereocenters. The first-order valence-electron chi connectivity index (χ1n) is 9.32. The molecule has 0 bridgehead atoms. The molecular formula is C22H22BrN3O. The molecule has 1 aliphatic rings. The van der Waals surface area contributed by atoms with Crippen LogP contribution < -0.4 is 5.32 Å². The zero-order chi connectivity index (χ0) is 18.8. The summed E-state index contributed by atoms with van der Waals surface area (Å²) in [6, 6.07) is 18.3. The number of carbonyl (C=O) groups is 1. The van der Waals surface area contributed by atoms with E-state index in [1.54, 1.807) is 0 Å². The average Bonchev–Trinajstić information content (AvgIpc) is 3.35. The fourth-order valence-electron chi connectivity index (χ4n) is 3.48. The number of amides is 1. The van der Waals surface area contributed by atoms with Crippen LogP contribution in [0.4, 0.5) is 0 Å². The van der Waals surface area contributed by atoms with Crippen molar-refractivity contribution in [2.24, 2.45) is 5.92 Å². The summed E-state index contributed by atoms with van der Waals surface area (Å²) in [6.07, 6.45) is 3.54. The number of rotatable bonds is 6. The molecule has 138 valence electrons. The van der Waals surface area contributed by atoms with Crippen molar-refractivity contribution >= 4 is 21.8 Å². The first-order valence-corrected chi connectivity index (χ1v) is 10.1. The van der Waals surface area contributed by atoms with Gasteiger partial charge in [-0.25, -0.2) is 4.98 Å². The largest absolute Gasteiger partial charge is 0.346 e. The van der Waals surface area contributed by atoms with E-state index in [2.05, 4.69) is 50.3 Å². The lowest BCUT2D eigenvalue weighted by atomic mass is 10.1. The Kier molecular flexibility index (Phi) is 5.12. The number of hydrogen-bond acceptors (Lipinski definition) is 2. The average molecular weight is 424 g/mol. The van der Waals surface area contributed by atoms with Crippen molar-refractivity contribution in [3.63, 3.8) is 0 Å². The lowest BCUT2D eigenvalue weighted by Gasteiger charge is -2.15. The van der Waals surface area contributed by atoms with Crippen LogP contribution >= 0.6 is 15.9 Å². The Morgan fingerprint density at radius 2 is 1.96 bits per heavy atom. The third-order valence-corrected chi connectivity index (χ3v) is 5.69. The number of nitrogens with zero attached hydrogens (tertiary/aromatic N) is 1. The molecule has 1 heterocycles. The van der Waals surface area contributed by atoms with E-state index >= 15 is 0 Å². The van der Waals surface area contributed by atoms with E-state index in [1.165, 1.54) is 5.56 Å². The van der Waals surface area contributed by atoms with Crippen molar-refractivity contribution in [3.05, 3.63) is 76.7 Å². The Morgan fingerprint density at radius 3 is 2.67 bits per heavy atom. The molecule has 5 heteroatoms. The molecular weight excluding hydrogens is 402 g/mol. The van der Waals surface area contributed by atoms with Crippen LogP contribution in [-0.2, 0) is 4.79 Å². The fraction of sp³-hybridized carbons (Fsp3) is 0.273. The maximum Gasteiger partial charge on any atom is 0.224 e. The molecule has 27 heavy (non-hydrogen) atoms. The Labute approximate surface area is 167 Å². The summed E-state index contributed by atoms with van der Waals surface area (Å²) >= 11 is 3.46. The van der Waals surface area contributed by atoms with Crippen molar-refractivity contribution in [1.29, 1.82) is 0 Å². The summed E-state index contributed by atoms with van der Waals surface area (Å²) in [7, 11) is 0. The van der Waals surface area contributed by atoms with Crippen molar-refractivity contribution in [1.82, 2.24) is 15.3 Å². The number of nitrogens with one attached hydrogen (secondary N) is 2. The topological polar surface area (TPSA) is 57.8 Å². The minimum absolute atomic E-state index is 0.0591.